The molecule has 0 aliphatic carbocycles. The number of amides is 1. The number of hydrogen-bond donors (Lipinski definition) is 1. The molecule has 5 heteroatoms. The van der Waals surface area contributed by atoms with Crippen LogP contribution in [0.15, 0.2) is 18.2 Å². The van der Waals surface area contributed by atoms with Crippen molar-refractivity contribution in [2.45, 2.75) is 38.8 Å². The molecule has 0 unspecified atom stereocenters. The minimum Gasteiger partial charge on any atom is -0.478 e. The zero-order chi connectivity index (χ0) is 16.3. The summed E-state index contributed by atoms with van der Waals surface area (Å²) in [7, 11) is 4.08. The van der Waals surface area contributed by atoms with E-state index in [1.165, 1.54) is 0 Å². The van der Waals surface area contributed by atoms with Gasteiger partial charge in [-0.2, -0.15) is 0 Å². The molecule has 1 aliphatic heterocycles. The molecule has 0 aromatic heterocycles. The molecular weight excluding hydrogens is 278 g/mol. The molecule has 0 radical (unpaired) electrons. The van der Waals surface area contributed by atoms with Gasteiger partial charge in [-0.3, -0.25) is 4.79 Å². The molecule has 0 saturated carbocycles. The highest BCUT2D eigenvalue weighted by Crippen LogP contribution is 2.36. The Hall–Kier alpha value is -1.59. The molecule has 5 nitrogen and oxygen atoms in total. The molecule has 0 saturated heterocycles. The van der Waals surface area contributed by atoms with E-state index in [1.807, 2.05) is 51.0 Å². The van der Waals surface area contributed by atoms with Gasteiger partial charge in [-0.15, -0.1) is 0 Å². The summed E-state index contributed by atoms with van der Waals surface area (Å²) in [6.45, 7) is 5.57. The standard InChI is InChI=1S/C17H27N3O2/c1-5-15-17(21)20(10-6-9-19(3)4)14-11-13(12(2)18)7-8-16(14)22-15/h7-8,11-12,15H,5-6,9-10,18H2,1-4H3/t12-,15-/m1/s1. The van der Waals surface area contributed by atoms with Crippen molar-refractivity contribution < 1.29 is 9.53 Å². The van der Waals surface area contributed by atoms with Gasteiger partial charge in [-0.25, -0.2) is 0 Å². The maximum Gasteiger partial charge on any atom is 0.268 e. The molecule has 2 rings (SSSR count). The van der Waals surface area contributed by atoms with Crippen molar-refractivity contribution in [1.82, 2.24) is 4.90 Å². The Morgan fingerprint density at radius 3 is 2.73 bits per heavy atom. The highest BCUT2D eigenvalue weighted by Gasteiger charge is 2.33. The minimum absolute atomic E-state index is 0.0515. The Labute approximate surface area is 133 Å². The van der Waals surface area contributed by atoms with Crippen LogP contribution in [0.5, 0.6) is 5.75 Å². The summed E-state index contributed by atoms with van der Waals surface area (Å²) in [5, 5.41) is 0. The first kappa shape index (κ1) is 16.8. The number of ether oxygens (including phenoxy) is 1. The zero-order valence-corrected chi connectivity index (χ0v) is 14.0. The van der Waals surface area contributed by atoms with Crippen LogP contribution in [-0.2, 0) is 4.79 Å². The first-order valence-electron chi connectivity index (χ1n) is 7.96. The summed E-state index contributed by atoms with van der Waals surface area (Å²) in [4.78, 5) is 16.6. The molecule has 1 amide bonds. The molecule has 0 fully saturated rings. The predicted molar refractivity (Wildman–Crippen MR) is 89.3 cm³/mol. The van der Waals surface area contributed by atoms with Gasteiger partial charge in [-0.05, 0) is 58.1 Å². The highest BCUT2D eigenvalue weighted by molar-refractivity contribution is 6.00. The van der Waals surface area contributed by atoms with Crippen molar-refractivity contribution in [3.63, 3.8) is 0 Å². The average molecular weight is 305 g/mol. The quantitative estimate of drug-likeness (QED) is 0.875. The van der Waals surface area contributed by atoms with Gasteiger partial charge in [0.1, 0.15) is 5.75 Å². The van der Waals surface area contributed by atoms with Crippen LogP contribution >= 0.6 is 0 Å². The van der Waals surface area contributed by atoms with Gasteiger partial charge in [-0.1, -0.05) is 13.0 Å². The first-order valence-corrected chi connectivity index (χ1v) is 7.96. The number of nitrogens with two attached hydrogens (primary N) is 1. The molecular formula is C17H27N3O2. The van der Waals surface area contributed by atoms with Crippen molar-refractivity contribution >= 4 is 11.6 Å². The number of carbonyl (C=O) groups excluding carboxylic acids is 1. The number of carbonyl (C=O) groups is 1. The zero-order valence-electron chi connectivity index (χ0n) is 14.0. The summed E-state index contributed by atoms with van der Waals surface area (Å²) in [6, 6.07) is 5.83. The maximum absolute atomic E-state index is 12.6. The topological polar surface area (TPSA) is 58.8 Å². The van der Waals surface area contributed by atoms with Gasteiger partial charge in [0.05, 0.1) is 5.69 Å². The highest BCUT2D eigenvalue weighted by atomic mass is 16.5. The summed E-state index contributed by atoms with van der Waals surface area (Å²) in [5.74, 6) is 0.830. The Kier molecular flexibility index (Phi) is 5.42. The van der Waals surface area contributed by atoms with Crippen LogP contribution in [-0.4, -0.2) is 44.1 Å². The third-order valence-electron chi connectivity index (χ3n) is 3.97. The van der Waals surface area contributed by atoms with Crippen LogP contribution in [0.3, 0.4) is 0 Å². The second kappa shape index (κ2) is 7.11. The van der Waals surface area contributed by atoms with Crippen molar-refractivity contribution in [2.24, 2.45) is 5.73 Å². The summed E-state index contributed by atoms with van der Waals surface area (Å²) in [5.41, 5.74) is 7.84. The lowest BCUT2D eigenvalue weighted by Gasteiger charge is -2.35. The Balaban J connectivity index is 2.29. The lowest BCUT2D eigenvalue weighted by atomic mass is 10.0. The number of hydrogen-bond acceptors (Lipinski definition) is 4. The van der Waals surface area contributed by atoms with Gasteiger partial charge >= 0.3 is 0 Å². The minimum atomic E-state index is -0.381. The van der Waals surface area contributed by atoms with Gasteiger partial charge in [0.15, 0.2) is 6.10 Å². The van der Waals surface area contributed by atoms with Crippen LogP contribution < -0.4 is 15.4 Å². The smallest absolute Gasteiger partial charge is 0.268 e. The molecule has 0 spiro atoms. The van der Waals surface area contributed by atoms with E-state index >= 15 is 0 Å². The third-order valence-corrected chi connectivity index (χ3v) is 3.97. The largest absolute Gasteiger partial charge is 0.478 e. The summed E-state index contributed by atoms with van der Waals surface area (Å²) < 4.78 is 5.84. The van der Waals surface area contributed by atoms with Crippen LogP contribution in [0.1, 0.15) is 38.3 Å². The number of nitrogens with zero attached hydrogens (tertiary/aromatic N) is 2. The molecule has 22 heavy (non-hydrogen) atoms. The fourth-order valence-corrected chi connectivity index (χ4v) is 2.66. The summed E-state index contributed by atoms with van der Waals surface area (Å²) >= 11 is 0. The van der Waals surface area contributed by atoms with E-state index in [9.17, 15) is 4.79 Å². The fourth-order valence-electron chi connectivity index (χ4n) is 2.66. The number of anilines is 1. The van der Waals surface area contributed by atoms with E-state index < -0.39 is 0 Å². The van der Waals surface area contributed by atoms with Gasteiger partial charge in [0, 0.05) is 12.6 Å². The first-order chi connectivity index (χ1) is 10.4. The molecule has 1 aliphatic rings. The SMILES string of the molecule is CC[C@H]1Oc2ccc([C@@H](C)N)cc2N(CCCN(C)C)C1=O. The van der Waals surface area contributed by atoms with E-state index in [-0.39, 0.29) is 18.1 Å². The number of fused-ring (bicyclic) bond motifs is 1. The van der Waals surface area contributed by atoms with E-state index in [0.29, 0.717) is 13.0 Å². The molecule has 1 heterocycles. The Bertz CT molecular complexity index is 529. The van der Waals surface area contributed by atoms with Crippen LogP contribution in [0.2, 0.25) is 0 Å². The second-order valence-corrected chi connectivity index (χ2v) is 6.18. The predicted octanol–water partition coefficient (Wildman–Crippen LogP) is 2.16. The Morgan fingerprint density at radius 1 is 1.41 bits per heavy atom. The molecule has 0 bridgehead atoms. The van der Waals surface area contributed by atoms with Crippen molar-refractivity contribution in [3.05, 3.63) is 23.8 Å². The van der Waals surface area contributed by atoms with Gasteiger partial charge < -0.3 is 20.3 Å². The van der Waals surface area contributed by atoms with Crippen LogP contribution in [0, 0.1) is 0 Å². The maximum atomic E-state index is 12.6. The normalized spacial score (nSPS) is 19.1. The molecule has 2 atom stereocenters. The molecule has 1 aromatic carbocycles. The molecule has 2 N–H and O–H groups in total. The summed E-state index contributed by atoms with van der Waals surface area (Å²) in [6.07, 6.45) is 1.22. The second-order valence-electron chi connectivity index (χ2n) is 6.18. The lowest BCUT2D eigenvalue weighted by Crippen LogP contribution is -2.46. The molecule has 1 aromatic rings. The third kappa shape index (κ3) is 3.59. The average Bonchev–Trinajstić information content (AvgIpc) is 2.48. The monoisotopic (exact) mass is 305 g/mol. The van der Waals surface area contributed by atoms with E-state index in [4.69, 9.17) is 10.5 Å². The number of rotatable bonds is 6. The lowest BCUT2D eigenvalue weighted by molar-refractivity contribution is -0.126. The van der Waals surface area contributed by atoms with E-state index in [0.717, 1.165) is 30.0 Å². The van der Waals surface area contributed by atoms with Crippen LogP contribution in [0.4, 0.5) is 5.69 Å². The molecule has 122 valence electrons. The van der Waals surface area contributed by atoms with Crippen molar-refractivity contribution in [3.8, 4) is 5.75 Å². The van der Waals surface area contributed by atoms with Crippen LogP contribution in [0.25, 0.3) is 0 Å². The van der Waals surface area contributed by atoms with E-state index in [1.54, 1.807) is 0 Å². The van der Waals surface area contributed by atoms with Gasteiger partial charge in [0.25, 0.3) is 5.91 Å². The Morgan fingerprint density at radius 2 is 2.14 bits per heavy atom. The van der Waals surface area contributed by atoms with E-state index in [2.05, 4.69) is 4.90 Å². The fraction of sp³-hybridized carbons (Fsp3) is 0.588. The van der Waals surface area contributed by atoms with Gasteiger partial charge in [0.2, 0.25) is 0 Å². The van der Waals surface area contributed by atoms with Crippen molar-refractivity contribution in [2.75, 3.05) is 32.1 Å². The van der Waals surface area contributed by atoms with Crippen molar-refractivity contribution in [1.29, 1.82) is 0 Å². The number of benzene rings is 1.